The normalized spacial score (nSPS) is 9.65. The minimum absolute atomic E-state index is 0.252. The van der Waals surface area contributed by atoms with Gasteiger partial charge in [-0.3, -0.25) is 0 Å². The van der Waals surface area contributed by atoms with Crippen molar-refractivity contribution in [1.82, 2.24) is 0 Å². The van der Waals surface area contributed by atoms with Gasteiger partial charge in [0.25, 0.3) is 0 Å². The number of methoxy groups -OCH3 is 2. The third-order valence-electron chi connectivity index (χ3n) is 2.43. The van der Waals surface area contributed by atoms with Crippen LogP contribution in [0.1, 0.15) is 18.1 Å². The van der Waals surface area contributed by atoms with Gasteiger partial charge in [-0.05, 0) is 34.0 Å². The summed E-state index contributed by atoms with van der Waals surface area (Å²) in [4.78, 5) is 13.7. The zero-order valence-corrected chi connectivity index (χ0v) is 11.6. The summed E-state index contributed by atoms with van der Waals surface area (Å²) in [6, 6.07) is 1.93. The Bertz CT molecular complexity index is 454. The second kappa shape index (κ2) is 6.42. The molecule has 0 heterocycles. The number of halogens is 1. The molecule has 0 aliphatic heterocycles. The molecule has 0 fully saturated rings. The summed E-state index contributed by atoms with van der Waals surface area (Å²) < 4.78 is 11.4. The van der Waals surface area contributed by atoms with Gasteiger partial charge in [-0.15, -0.1) is 0 Å². The van der Waals surface area contributed by atoms with Crippen LogP contribution < -0.4 is 9.47 Å². The Labute approximate surface area is 109 Å². The topological polar surface area (TPSA) is 47.9 Å². The molecule has 0 saturated heterocycles. The van der Waals surface area contributed by atoms with Crippen molar-refractivity contribution in [1.29, 1.82) is 0 Å². The number of rotatable bonds is 5. The maximum atomic E-state index is 10.2. The molecular formula is C12H14BrNO3. The molecule has 0 aliphatic carbocycles. The molecule has 0 spiro atoms. The molecule has 5 heteroatoms. The Morgan fingerprint density at radius 2 is 1.88 bits per heavy atom. The molecule has 1 aromatic rings. The summed E-state index contributed by atoms with van der Waals surface area (Å²) in [6.45, 7) is 2.28. The van der Waals surface area contributed by atoms with Crippen LogP contribution in [-0.4, -0.2) is 20.3 Å². The second-order valence-corrected chi connectivity index (χ2v) is 4.13. The van der Waals surface area contributed by atoms with E-state index in [-0.39, 0.29) is 6.54 Å². The molecule has 0 radical (unpaired) electrons. The average Bonchev–Trinajstić information content (AvgIpc) is 2.35. The first-order valence-corrected chi connectivity index (χ1v) is 5.94. The summed E-state index contributed by atoms with van der Waals surface area (Å²) in [7, 11) is 3.18. The molecule has 0 aliphatic rings. The number of hydrogen-bond donors (Lipinski definition) is 0. The van der Waals surface area contributed by atoms with Gasteiger partial charge in [0.15, 0.2) is 0 Å². The Balaban J connectivity index is 3.38. The van der Waals surface area contributed by atoms with Crippen molar-refractivity contribution in [3.05, 3.63) is 21.7 Å². The average molecular weight is 300 g/mol. The Morgan fingerprint density at radius 1 is 1.29 bits per heavy atom. The highest BCUT2D eigenvalue weighted by Gasteiger charge is 2.16. The molecular weight excluding hydrogens is 286 g/mol. The maximum Gasteiger partial charge on any atom is 0.235 e. The third kappa shape index (κ3) is 2.87. The van der Waals surface area contributed by atoms with E-state index in [0.29, 0.717) is 5.75 Å². The molecule has 92 valence electrons. The van der Waals surface area contributed by atoms with E-state index in [1.807, 2.05) is 13.0 Å². The van der Waals surface area contributed by atoms with Gasteiger partial charge < -0.3 is 9.47 Å². The van der Waals surface area contributed by atoms with E-state index in [1.54, 1.807) is 14.2 Å². The second-order valence-electron chi connectivity index (χ2n) is 3.34. The lowest BCUT2D eigenvalue weighted by Gasteiger charge is -2.15. The standard InChI is InChI=1S/C12H14BrNO3/c1-4-8-5-9(6-14-7-15)12(17-3)10(13)11(8)16-2/h5H,4,6H2,1-3H3. The first-order chi connectivity index (χ1) is 8.19. The van der Waals surface area contributed by atoms with Crippen molar-refractivity contribution in [3.63, 3.8) is 0 Å². The smallest absolute Gasteiger partial charge is 0.235 e. The lowest BCUT2D eigenvalue weighted by atomic mass is 10.1. The quantitative estimate of drug-likeness (QED) is 0.620. The molecule has 0 N–H and O–H groups in total. The molecule has 0 unspecified atom stereocenters. The molecule has 4 nitrogen and oxygen atoms in total. The fourth-order valence-electron chi connectivity index (χ4n) is 1.67. The lowest BCUT2D eigenvalue weighted by Crippen LogP contribution is -1.99. The zero-order chi connectivity index (χ0) is 12.8. The van der Waals surface area contributed by atoms with Crippen molar-refractivity contribution in [2.24, 2.45) is 4.99 Å². The molecule has 17 heavy (non-hydrogen) atoms. The van der Waals surface area contributed by atoms with Gasteiger partial charge in [0, 0.05) is 5.56 Å². The third-order valence-corrected chi connectivity index (χ3v) is 3.15. The minimum Gasteiger partial charge on any atom is -0.495 e. The van der Waals surface area contributed by atoms with Gasteiger partial charge >= 0.3 is 0 Å². The van der Waals surface area contributed by atoms with Crippen molar-refractivity contribution in [2.45, 2.75) is 19.9 Å². The minimum atomic E-state index is 0.252. The van der Waals surface area contributed by atoms with Crippen molar-refractivity contribution in [3.8, 4) is 11.5 Å². The van der Waals surface area contributed by atoms with Crippen LogP contribution in [0.15, 0.2) is 15.5 Å². The van der Waals surface area contributed by atoms with Crippen LogP contribution >= 0.6 is 15.9 Å². The predicted octanol–water partition coefficient (Wildman–Crippen LogP) is 2.86. The molecule has 0 saturated carbocycles. The van der Waals surface area contributed by atoms with Crippen LogP contribution in [0.2, 0.25) is 0 Å². The monoisotopic (exact) mass is 299 g/mol. The summed E-state index contributed by atoms with van der Waals surface area (Å²) in [6.07, 6.45) is 2.35. The number of benzene rings is 1. The summed E-state index contributed by atoms with van der Waals surface area (Å²) in [5, 5.41) is 0. The van der Waals surface area contributed by atoms with Crippen LogP contribution in [0.4, 0.5) is 0 Å². The molecule has 0 atom stereocenters. The number of ether oxygens (including phenoxy) is 2. The molecule has 0 aromatic heterocycles. The van der Waals surface area contributed by atoms with Gasteiger partial charge in [0.05, 0.1) is 20.8 Å². The summed E-state index contributed by atoms with van der Waals surface area (Å²) in [5.74, 6) is 1.39. The Kier molecular flexibility index (Phi) is 5.19. The fraction of sp³-hybridized carbons (Fsp3) is 0.417. The first-order valence-electron chi connectivity index (χ1n) is 5.15. The van der Waals surface area contributed by atoms with Gasteiger partial charge in [0.2, 0.25) is 6.08 Å². The largest absolute Gasteiger partial charge is 0.495 e. The van der Waals surface area contributed by atoms with Crippen LogP contribution in [0.25, 0.3) is 0 Å². The number of aliphatic imine (C=N–C) groups is 1. The highest BCUT2D eigenvalue weighted by molar-refractivity contribution is 9.10. The van der Waals surface area contributed by atoms with E-state index < -0.39 is 0 Å². The van der Waals surface area contributed by atoms with Crippen LogP contribution in [0.3, 0.4) is 0 Å². The van der Waals surface area contributed by atoms with E-state index in [2.05, 4.69) is 20.9 Å². The molecule has 1 aromatic carbocycles. The van der Waals surface area contributed by atoms with Gasteiger partial charge in [-0.1, -0.05) is 6.92 Å². The number of aryl methyl sites for hydroxylation is 1. The van der Waals surface area contributed by atoms with E-state index in [4.69, 9.17) is 9.47 Å². The molecule has 0 bridgehead atoms. The Morgan fingerprint density at radius 3 is 2.35 bits per heavy atom. The van der Waals surface area contributed by atoms with Gasteiger partial charge in [-0.2, -0.15) is 0 Å². The number of isocyanates is 1. The van der Waals surface area contributed by atoms with E-state index >= 15 is 0 Å². The first kappa shape index (κ1) is 13.7. The van der Waals surface area contributed by atoms with Crippen LogP contribution in [0.5, 0.6) is 11.5 Å². The van der Waals surface area contributed by atoms with Crippen LogP contribution in [0, 0.1) is 0 Å². The number of carbonyl (C=O) groups excluding carboxylic acids is 1. The molecule has 0 amide bonds. The van der Waals surface area contributed by atoms with Crippen LogP contribution in [-0.2, 0) is 17.8 Å². The number of nitrogens with zero attached hydrogens (tertiary/aromatic N) is 1. The van der Waals surface area contributed by atoms with E-state index in [1.165, 1.54) is 6.08 Å². The van der Waals surface area contributed by atoms with Gasteiger partial charge in [-0.25, -0.2) is 9.79 Å². The SMILES string of the molecule is CCc1cc(CN=C=O)c(OC)c(Br)c1OC. The van der Waals surface area contributed by atoms with E-state index in [0.717, 1.165) is 27.8 Å². The van der Waals surface area contributed by atoms with Crippen molar-refractivity contribution in [2.75, 3.05) is 14.2 Å². The van der Waals surface area contributed by atoms with Gasteiger partial charge in [0.1, 0.15) is 16.0 Å². The summed E-state index contributed by atoms with van der Waals surface area (Å²) >= 11 is 3.45. The highest BCUT2D eigenvalue weighted by atomic mass is 79.9. The highest BCUT2D eigenvalue weighted by Crippen LogP contribution is 2.40. The number of hydrogen-bond acceptors (Lipinski definition) is 4. The summed E-state index contributed by atoms with van der Waals surface area (Å²) in [5.41, 5.74) is 1.87. The maximum absolute atomic E-state index is 10.2. The Hall–Kier alpha value is -1.32. The molecule has 1 rings (SSSR count). The predicted molar refractivity (Wildman–Crippen MR) is 68.4 cm³/mol. The fourth-order valence-corrected chi connectivity index (χ4v) is 2.50. The van der Waals surface area contributed by atoms with Crippen molar-refractivity contribution >= 4 is 22.0 Å². The lowest BCUT2D eigenvalue weighted by molar-refractivity contribution is 0.383. The van der Waals surface area contributed by atoms with E-state index in [9.17, 15) is 4.79 Å². The zero-order valence-electron chi connectivity index (χ0n) is 10.0. The van der Waals surface area contributed by atoms with Crippen molar-refractivity contribution < 1.29 is 14.3 Å².